The third-order valence-corrected chi connectivity index (χ3v) is 5.16. The predicted octanol–water partition coefficient (Wildman–Crippen LogP) is 3.31. The molecule has 0 saturated carbocycles. The number of anilines is 1. The van der Waals surface area contributed by atoms with E-state index in [1.165, 1.54) is 17.4 Å². The number of aromatic nitrogens is 2. The molecule has 1 aliphatic rings. The van der Waals surface area contributed by atoms with Gasteiger partial charge in [0.2, 0.25) is 16.3 Å². The van der Waals surface area contributed by atoms with Crippen LogP contribution in [0.5, 0.6) is 5.75 Å². The van der Waals surface area contributed by atoms with Crippen molar-refractivity contribution in [3.8, 4) is 5.75 Å². The summed E-state index contributed by atoms with van der Waals surface area (Å²) < 4.78 is 29.7. The first-order valence-electron chi connectivity index (χ1n) is 8.85. The Bertz CT molecular complexity index is 1080. The van der Waals surface area contributed by atoms with Gasteiger partial charge < -0.3 is 13.9 Å². The molecule has 10 heteroatoms. The van der Waals surface area contributed by atoms with Gasteiger partial charge >= 0.3 is 0 Å². The first kappa shape index (κ1) is 19.2. The van der Waals surface area contributed by atoms with E-state index in [4.69, 9.17) is 13.9 Å². The van der Waals surface area contributed by atoms with Crippen molar-refractivity contribution in [2.45, 2.75) is 25.6 Å². The van der Waals surface area contributed by atoms with Gasteiger partial charge in [-0.2, -0.15) is 0 Å². The Kier molecular flexibility index (Phi) is 5.63. The van der Waals surface area contributed by atoms with E-state index in [0.717, 1.165) is 25.2 Å². The van der Waals surface area contributed by atoms with Gasteiger partial charge in [-0.15, -0.1) is 10.2 Å². The summed E-state index contributed by atoms with van der Waals surface area (Å²) in [6.45, 7) is 0.544. The van der Waals surface area contributed by atoms with Gasteiger partial charge in [0.15, 0.2) is 5.76 Å². The number of amides is 1. The number of nitrogens with zero attached hydrogens (tertiary/aromatic N) is 2. The summed E-state index contributed by atoms with van der Waals surface area (Å²) in [4.78, 5) is 24.5. The van der Waals surface area contributed by atoms with E-state index in [9.17, 15) is 14.0 Å². The zero-order valence-corrected chi connectivity index (χ0v) is 15.9. The van der Waals surface area contributed by atoms with E-state index in [1.54, 1.807) is 18.2 Å². The average molecular weight is 417 g/mol. The Morgan fingerprint density at radius 1 is 1.34 bits per heavy atom. The molecule has 0 spiro atoms. The van der Waals surface area contributed by atoms with E-state index in [1.807, 2.05) is 0 Å². The monoisotopic (exact) mass is 417 g/mol. The Morgan fingerprint density at radius 2 is 2.21 bits per heavy atom. The number of halogens is 1. The third kappa shape index (κ3) is 4.49. The second-order valence-electron chi connectivity index (χ2n) is 6.25. The van der Waals surface area contributed by atoms with Gasteiger partial charge in [-0.25, -0.2) is 4.39 Å². The van der Waals surface area contributed by atoms with Gasteiger partial charge in [0.05, 0.1) is 0 Å². The van der Waals surface area contributed by atoms with E-state index in [2.05, 4.69) is 15.5 Å². The molecule has 4 rings (SSSR count). The molecule has 1 aliphatic heterocycles. The van der Waals surface area contributed by atoms with Crippen molar-refractivity contribution in [2.75, 3.05) is 11.9 Å². The molecule has 1 fully saturated rings. The number of carbonyl (C=O) groups is 1. The van der Waals surface area contributed by atoms with Crippen molar-refractivity contribution >= 4 is 22.4 Å². The van der Waals surface area contributed by atoms with Crippen LogP contribution in [0.1, 0.15) is 40.1 Å². The lowest BCUT2D eigenvalue weighted by Gasteiger charge is -2.06. The smallest absolute Gasteiger partial charge is 0.293 e. The van der Waals surface area contributed by atoms with Crippen molar-refractivity contribution in [1.29, 1.82) is 0 Å². The number of rotatable bonds is 6. The molecule has 1 N–H and O–H groups in total. The SMILES string of the molecule is O=C(Nc1nnc([C@H]2CCCO2)s1)c1cc(=O)c(OCc2ccccc2F)co1. The van der Waals surface area contributed by atoms with Crippen molar-refractivity contribution < 1.29 is 23.1 Å². The molecule has 0 bridgehead atoms. The maximum Gasteiger partial charge on any atom is 0.293 e. The molecule has 3 heterocycles. The summed E-state index contributed by atoms with van der Waals surface area (Å²) in [5, 5.41) is 11.4. The van der Waals surface area contributed by atoms with Crippen LogP contribution < -0.4 is 15.5 Å². The molecule has 2 aromatic heterocycles. The maximum absolute atomic E-state index is 13.6. The van der Waals surface area contributed by atoms with Crippen LogP contribution in [-0.2, 0) is 11.3 Å². The lowest BCUT2D eigenvalue weighted by molar-refractivity contribution is 0.0993. The number of hydrogen-bond acceptors (Lipinski definition) is 8. The van der Waals surface area contributed by atoms with Gasteiger partial charge in [0, 0.05) is 18.2 Å². The summed E-state index contributed by atoms with van der Waals surface area (Å²) in [6, 6.07) is 7.07. The largest absolute Gasteiger partial charge is 0.482 e. The first-order chi connectivity index (χ1) is 14.1. The Labute approximate surface area is 168 Å². The highest BCUT2D eigenvalue weighted by Gasteiger charge is 2.23. The molecule has 0 radical (unpaired) electrons. The van der Waals surface area contributed by atoms with Crippen LogP contribution in [0.25, 0.3) is 0 Å². The quantitative estimate of drug-likeness (QED) is 0.656. The highest BCUT2D eigenvalue weighted by Crippen LogP contribution is 2.32. The summed E-state index contributed by atoms with van der Waals surface area (Å²) >= 11 is 1.21. The molecule has 29 heavy (non-hydrogen) atoms. The van der Waals surface area contributed by atoms with Crippen molar-refractivity contribution in [1.82, 2.24) is 10.2 Å². The first-order valence-corrected chi connectivity index (χ1v) is 9.67. The van der Waals surface area contributed by atoms with Crippen LogP contribution >= 0.6 is 11.3 Å². The minimum Gasteiger partial charge on any atom is -0.482 e. The van der Waals surface area contributed by atoms with Crippen molar-refractivity contribution in [3.05, 3.63) is 69.0 Å². The molecule has 150 valence electrons. The second-order valence-corrected chi connectivity index (χ2v) is 7.26. The van der Waals surface area contributed by atoms with E-state index in [-0.39, 0.29) is 29.4 Å². The van der Waals surface area contributed by atoms with Crippen LogP contribution in [0.2, 0.25) is 0 Å². The van der Waals surface area contributed by atoms with Gasteiger partial charge in [0.1, 0.15) is 29.8 Å². The van der Waals surface area contributed by atoms with Crippen molar-refractivity contribution in [3.63, 3.8) is 0 Å². The summed E-state index contributed by atoms with van der Waals surface area (Å²) in [6.07, 6.45) is 2.76. The summed E-state index contributed by atoms with van der Waals surface area (Å²) in [5.74, 6) is -1.41. The molecule has 0 unspecified atom stereocenters. The third-order valence-electron chi connectivity index (χ3n) is 4.23. The molecule has 1 saturated heterocycles. The van der Waals surface area contributed by atoms with Gasteiger partial charge in [-0.05, 0) is 18.9 Å². The molecular formula is C19H16FN3O5S. The van der Waals surface area contributed by atoms with Crippen LogP contribution in [-0.4, -0.2) is 22.7 Å². The lowest BCUT2D eigenvalue weighted by atomic mass is 10.2. The Balaban J connectivity index is 1.40. The Morgan fingerprint density at radius 3 is 2.97 bits per heavy atom. The molecular weight excluding hydrogens is 401 g/mol. The number of hydrogen-bond donors (Lipinski definition) is 1. The van der Waals surface area contributed by atoms with Gasteiger partial charge in [0.25, 0.3) is 5.91 Å². The minimum atomic E-state index is -0.641. The number of nitrogens with one attached hydrogen (secondary N) is 1. The molecule has 1 atom stereocenters. The molecule has 8 nitrogen and oxygen atoms in total. The van der Waals surface area contributed by atoms with Crippen LogP contribution in [0, 0.1) is 5.82 Å². The maximum atomic E-state index is 13.6. The summed E-state index contributed by atoms with van der Waals surface area (Å²) in [7, 11) is 0. The summed E-state index contributed by atoms with van der Waals surface area (Å²) in [5.41, 5.74) is -0.262. The van der Waals surface area contributed by atoms with Crippen molar-refractivity contribution in [2.24, 2.45) is 0 Å². The van der Waals surface area contributed by atoms with Crippen LogP contribution in [0.15, 0.2) is 45.8 Å². The normalized spacial score (nSPS) is 16.0. The fourth-order valence-electron chi connectivity index (χ4n) is 2.74. The molecule has 1 aromatic carbocycles. The standard InChI is InChI=1S/C19H16FN3O5S/c20-12-5-2-1-4-11(12)9-27-16-10-28-15(8-13(16)24)17(25)21-19-23-22-18(29-19)14-6-3-7-26-14/h1-2,4-5,8,10,14H,3,6-7,9H2,(H,21,23,25)/t14-/m1/s1. The van der Waals surface area contributed by atoms with E-state index in [0.29, 0.717) is 17.2 Å². The fourth-order valence-corrected chi connectivity index (χ4v) is 3.56. The zero-order valence-electron chi connectivity index (χ0n) is 15.1. The minimum absolute atomic E-state index is 0.0954. The lowest BCUT2D eigenvalue weighted by Crippen LogP contribution is -2.15. The highest BCUT2D eigenvalue weighted by molar-refractivity contribution is 7.15. The van der Waals surface area contributed by atoms with E-state index >= 15 is 0 Å². The van der Waals surface area contributed by atoms with Gasteiger partial charge in [-0.3, -0.25) is 14.9 Å². The fraction of sp³-hybridized carbons (Fsp3) is 0.263. The molecule has 0 aliphatic carbocycles. The van der Waals surface area contributed by atoms with Crippen LogP contribution in [0.4, 0.5) is 9.52 Å². The highest BCUT2D eigenvalue weighted by atomic mass is 32.1. The van der Waals surface area contributed by atoms with Crippen LogP contribution in [0.3, 0.4) is 0 Å². The average Bonchev–Trinajstić information content (AvgIpc) is 3.40. The van der Waals surface area contributed by atoms with E-state index < -0.39 is 17.2 Å². The zero-order chi connectivity index (χ0) is 20.2. The second kappa shape index (κ2) is 8.50. The molecule has 1 amide bonds. The predicted molar refractivity (Wildman–Crippen MR) is 101 cm³/mol. The topological polar surface area (TPSA) is 104 Å². The molecule has 3 aromatic rings. The number of benzene rings is 1. The number of carbonyl (C=O) groups excluding carboxylic acids is 1. The van der Waals surface area contributed by atoms with Gasteiger partial charge in [-0.1, -0.05) is 29.5 Å². The number of ether oxygens (including phenoxy) is 2. The Hall–Kier alpha value is -3.11.